The topological polar surface area (TPSA) is 60.2 Å². The molecule has 0 N–H and O–H groups in total. The summed E-state index contributed by atoms with van der Waals surface area (Å²) in [6.07, 6.45) is 2.89. The summed E-state index contributed by atoms with van der Waals surface area (Å²) in [4.78, 5) is 20.9. The van der Waals surface area contributed by atoms with Crippen molar-refractivity contribution < 1.29 is 4.79 Å². The van der Waals surface area contributed by atoms with E-state index in [4.69, 9.17) is 10.1 Å². The number of carbonyl (C=O) groups is 1. The van der Waals surface area contributed by atoms with Crippen LogP contribution in [0.4, 0.5) is 0 Å². The van der Waals surface area contributed by atoms with Gasteiger partial charge in [0, 0.05) is 17.3 Å². The van der Waals surface area contributed by atoms with Crippen molar-refractivity contribution in [3.8, 4) is 10.4 Å². The van der Waals surface area contributed by atoms with Crippen LogP contribution in [0.1, 0.15) is 59.5 Å². The molecular weight excluding hydrogens is 388 g/mol. The Bertz CT molecular complexity index is 911. The van der Waals surface area contributed by atoms with Crippen LogP contribution in [-0.2, 0) is 0 Å². The smallest absolute Gasteiger partial charge is 0.178 e. The molecule has 0 atom stereocenters. The Kier molecular flexibility index (Phi) is 4.83. The van der Waals surface area contributed by atoms with Crippen LogP contribution < -0.4 is 0 Å². The molecule has 0 aliphatic carbocycles. The summed E-state index contributed by atoms with van der Waals surface area (Å²) >= 11 is 4.83. The van der Waals surface area contributed by atoms with Crippen molar-refractivity contribution in [3.63, 3.8) is 0 Å². The largest absolute Gasteiger partial charge is 0.295 e. The van der Waals surface area contributed by atoms with Crippen molar-refractivity contribution in [1.82, 2.24) is 19.6 Å². The third-order valence-corrected chi connectivity index (χ3v) is 6.09. The minimum absolute atomic E-state index is 0.441. The molecule has 3 heterocycles. The van der Waals surface area contributed by atoms with Crippen LogP contribution >= 0.6 is 27.3 Å². The quantitative estimate of drug-likeness (QED) is 0.562. The Balaban J connectivity index is 2.32. The second-order valence-electron chi connectivity index (χ2n) is 5.82. The van der Waals surface area contributed by atoms with Gasteiger partial charge in [0.1, 0.15) is 4.60 Å². The van der Waals surface area contributed by atoms with Gasteiger partial charge in [-0.25, -0.2) is 14.5 Å². The summed E-state index contributed by atoms with van der Waals surface area (Å²) in [6.45, 7) is 8.38. The van der Waals surface area contributed by atoms with Gasteiger partial charge in [0.2, 0.25) is 0 Å². The van der Waals surface area contributed by atoms with E-state index in [2.05, 4.69) is 40.8 Å². The predicted molar refractivity (Wildman–Crippen MR) is 100.0 cm³/mol. The number of fused-ring (bicyclic) bond motifs is 1. The van der Waals surface area contributed by atoms with Gasteiger partial charge in [0.15, 0.2) is 16.9 Å². The Morgan fingerprint density at radius 1 is 1.29 bits per heavy atom. The molecule has 0 bridgehead atoms. The number of hydrogen-bond acceptors (Lipinski definition) is 5. The fraction of sp³-hybridized carbons (Fsp3) is 0.412. The van der Waals surface area contributed by atoms with Crippen molar-refractivity contribution in [2.75, 3.05) is 0 Å². The van der Waals surface area contributed by atoms with E-state index in [-0.39, 0.29) is 0 Å². The lowest BCUT2D eigenvalue weighted by atomic mass is 9.98. The molecule has 0 aliphatic rings. The Labute approximate surface area is 153 Å². The standard InChI is InChI=1S/C17H19BrN4OS/c1-5-11(6-2)12-7-9(3)19-17-14(10(4)21-22(12)17)15-16(18)20-13(8-23)24-15/h7-8,11H,5-6H2,1-4H3. The number of aryl methyl sites for hydroxylation is 2. The maximum Gasteiger partial charge on any atom is 0.178 e. The van der Waals surface area contributed by atoms with Gasteiger partial charge in [-0.05, 0) is 48.7 Å². The number of aromatic nitrogens is 4. The molecule has 3 aromatic rings. The summed E-state index contributed by atoms with van der Waals surface area (Å²) in [7, 11) is 0. The van der Waals surface area contributed by atoms with E-state index in [1.54, 1.807) is 0 Å². The van der Waals surface area contributed by atoms with Gasteiger partial charge in [-0.2, -0.15) is 5.10 Å². The van der Waals surface area contributed by atoms with Crippen LogP contribution in [0.5, 0.6) is 0 Å². The highest BCUT2D eigenvalue weighted by molar-refractivity contribution is 9.10. The molecule has 0 fully saturated rings. The highest BCUT2D eigenvalue weighted by atomic mass is 79.9. The van der Waals surface area contributed by atoms with E-state index in [9.17, 15) is 4.79 Å². The molecule has 0 aromatic carbocycles. The summed E-state index contributed by atoms with van der Waals surface area (Å²) in [5.41, 5.74) is 4.83. The van der Waals surface area contributed by atoms with E-state index >= 15 is 0 Å². The van der Waals surface area contributed by atoms with Crippen molar-refractivity contribution in [2.24, 2.45) is 0 Å². The molecule has 0 unspecified atom stereocenters. The molecule has 0 saturated carbocycles. The van der Waals surface area contributed by atoms with E-state index in [1.807, 2.05) is 18.4 Å². The zero-order chi connectivity index (χ0) is 17.4. The van der Waals surface area contributed by atoms with Gasteiger partial charge >= 0.3 is 0 Å². The Morgan fingerprint density at radius 2 is 2.00 bits per heavy atom. The number of rotatable bonds is 5. The second kappa shape index (κ2) is 6.72. The summed E-state index contributed by atoms with van der Waals surface area (Å²) in [5, 5.41) is 5.20. The van der Waals surface area contributed by atoms with E-state index in [1.165, 1.54) is 17.0 Å². The first kappa shape index (κ1) is 17.2. The average molecular weight is 407 g/mol. The number of halogens is 1. The number of thiazole rings is 1. The predicted octanol–water partition coefficient (Wildman–Crippen LogP) is 4.95. The fourth-order valence-electron chi connectivity index (χ4n) is 3.06. The lowest BCUT2D eigenvalue weighted by molar-refractivity contribution is 0.112. The zero-order valence-electron chi connectivity index (χ0n) is 14.1. The number of carbonyl (C=O) groups excluding carboxylic acids is 1. The normalized spacial score (nSPS) is 11.6. The average Bonchev–Trinajstić information content (AvgIpc) is 3.07. The SMILES string of the molecule is CCC(CC)c1cc(C)nc2c(-c3sc(C=O)nc3Br)c(C)nn12. The number of aldehydes is 1. The van der Waals surface area contributed by atoms with Crippen LogP contribution in [0.2, 0.25) is 0 Å². The molecule has 0 spiro atoms. The van der Waals surface area contributed by atoms with E-state index in [0.29, 0.717) is 15.5 Å². The van der Waals surface area contributed by atoms with E-state index < -0.39 is 0 Å². The van der Waals surface area contributed by atoms with Crippen LogP contribution in [0.3, 0.4) is 0 Å². The Morgan fingerprint density at radius 3 is 2.58 bits per heavy atom. The molecule has 24 heavy (non-hydrogen) atoms. The molecule has 3 rings (SSSR count). The van der Waals surface area contributed by atoms with Crippen LogP contribution in [0.25, 0.3) is 16.1 Å². The lowest BCUT2D eigenvalue weighted by Gasteiger charge is -2.15. The molecule has 0 amide bonds. The third-order valence-electron chi connectivity index (χ3n) is 4.25. The molecule has 7 heteroatoms. The van der Waals surface area contributed by atoms with Crippen LogP contribution in [-0.4, -0.2) is 25.9 Å². The minimum atomic E-state index is 0.441. The van der Waals surface area contributed by atoms with Crippen LogP contribution in [0.15, 0.2) is 10.7 Å². The van der Waals surface area contributed by atoms with Crippen molar-refractivity contribution in [2.45, 2.75) is 46.5 Å². The first-order valence-corrected chi connectivity index (χ1v) is 9.59. The summed E-state index contributed by atoms with van der Waals surface area (Å²) < 4.78 is 2.63. The van der Waals surface area contributed by atoms with Gasteiger partial charge in [0.05, 0.1) is 16.1 Å². The van der Waals surface area contributed by atoms with Crippen molar-refractivity contribution in [3.05, 3.63) is 32.8 Å². The molecular formula is C17H19BrN4OS. The van der Waals surface area contributed by atoms with E-state index in [0.717, 1.165) is 46.6 Å². The monoisotopic (exact) mass is 406 g/mol. The first-order chi connectivity index (χ1) is 11.5. The molecule has 126 valence electrons. The maximum absolute atomic E-state index is 11.1. The van der Waals surface area contributed by atoms with Gasteiger partial charge in [-0.3, -0.25) is 4.79 Å². The second-order valence-corrected chi connectivity index (χ2v) is 7.60. The molecule has 3 aromatic heterocycles. The summed E-state index contributed by atoms with van der Waals surface area (Å²) in [5.74, 6) is 0.441. The third kappa shape index (κ3) is 2.80. The highest BCUT2D eigenvalue weighted by Crippen LogP contribution is 2.38. The van der Waals surface area contributed by atoms with Crippen LogP contribution in [0, 0.1) is 13.8 Å². The Hall–Kier alpha value is -1.60. The minimum Gasteiger partial charge on any atom is -0.295 e. The molecule has 0 radical (unpaired) electrons. The maximum atomic E-state index is 11.1. The molecule has 0 saturated heterocycles. The van der Waals surface area contributed by atoms with Crippen molar-refractivity contribution >= 4 is 39.2 Å². The highest BCUT2D eigenvalue weighted by Gasteiger charge is 2.22. The van der Waals surface area contributed by atoms with Gasteiger partial charge in [-0.15, -0.1) is 11.3 Å². The number of hydrogen-bond donors (Lipinski definition) is 0. The van der Waals surface area contributed by atoms with Gasteiger partial charge in [-0.1, -0.05) is 13.8 Å². The summed E-state index contributed by atoms with van der Waals surface area (Å²) in [6, 6.07) is 2.12. The number of nitrogens with zero attached hydrogens (tertiary/aromatic N) is 4. The van der Waals surface area contributed by atoms with Crippen molar-refractivity contribution in [1.29, 1.82) is 0 Å². The molecule has 5 nitrogen and oxygen atoms in total. The zero-order valence-corrected chi connectivity index (χ0v) is 16.5. The lowest BCUT2D eigenvalue weighted by Crippen LogP contribution is -2.07. The van der Waals surface area contributed by atoms with Gasteiger partial charge < -0.3 is 0 Å². The van der Waals surface area contributed by atoms with Gasteiger partial charge in [0.25, 0.3) is 0 Å². The first-order valence-electron chi connectivity index (χ1n) is 7.98. The fourth-order valence-corrected chi connectivity index (χ4v) is 4.67. The molecule has 0 aliphatic heterocycles.